The van der Waals surface area contributed by atoms with Crippen LogP contribution in [-0.4, -0.2) is 10.9 Å². The van der Waals surface area contributed by atoms with Gasteiger partial charge in [0.05, 0.1) is 0 Å². The van der Waals surface area contributed by atoms with Crippen molar-refractivity contribution in [1.29, 1.82) is 0 Å². The standard InChI is InChI=1S/C13H12N2O/c1-10(16)15-13-4-2-3-12(9-13)11-5-7-14-8-6-11/h2-9H,1H3,(H,15,16). The Morgan fingerprint density at radius 1 is 1.12 bits per heavy atom. The van der Waals surface area contributed by atoms with Gasteiger partial charge in [0.25, 0.3) is 0 Å². The number of benzene rings is 1. The second-order valence-electron chi connectivity index (χ2n) is 3.50. The molecule has 1 heterocycles. The van der Waals surface area contributed by atoms with Crippen molar-refractivity contribution in [3.63, 3.8) is 0 Å². The molecule has 0 bridgehead atoms. The highest BCUT2D eigenvalue weighted by molar-refractivity contribution is 5.89. The monoisotopic (exact) mass is 212 g/mol. The Kier molecular flexibility index (Phi) is 2.96. The molecular weight excluding hydrogens is 200 g/mol. The lowest BCUT2D eigenvalue weighted by Gasteiger charge is -2.05. The topological polar surface area (TPSA) is 42.0 Å². The lowest BCUT2D eigenvalue weighted by atomic mass is 10.1. The number of aromatic nitrogens is 1. The van der Waals surface area contributed by atoms with Crippen LogP contribution in [0.15, 0.2) is 48.8 Å². The quantitative estimate of drug-likeness (QED) is 0.831. The van der Waals surface area contributed by atoms with E-state index in [1.165, 1.54) is 6.92 Å². The maximum Gasteiger partial charge on any atom is 0.221 e. The fraction of sp³-hybridized carbons (Fsp3) is 0.0769. The van der Waals surface area contributed by atoms with Crippen LogP contribution in [0, 0.1) is 0 Å². The predicted molar refractivity (Wildman–Crippen MR) is 64.0 cm³/mol. The summed E-state index contributed by atoms with van der Waals surface area (Å²) in [5.41, 5.74) is 2.96. The van der Waals surface area contributed by atoms with Gasteiger partial charge in [-0.1, -0.05) is 12.1 Å². The van der Waals surface area contributed by atoms with E-state index in [-0.39, 0.29) is 5.91 Å². The Balaban J connectivity index is 2.33. The van der Waals surface area contributed by atoms with E-state index < -0.39 is 0 Å². The SMILES string of the molecule is CC(=O)Nc1cccc(-c2ccncc2)c1. The van der Waals surface area contributed by atoms with Crippen LogP contribution in [0.4, 0.5) is 5.69 Å². The highest BCUT2D eigenvalue weighted by Crippen LogP contribution is 2.21. The van der Waals surface area contributed by atoms with Gasteiger partial charge in [0.15, 0.2) is 0 Å². The molecule has 0 aliphatic rings. The summed E-state index contributed by atoms with van der Waals surface area (Å²) in [6, 6.07) is 11.6. The van der Waals surface area contributed by atoms with Gasteiger partial charge >= 0.3 is 0 Å². The highest BCUT2D eigenvalue weighted by atomic mass is 16.1. The van der Waals surface area contributed by atoms with Crippen molar-refractivity contribution in [1.82, 2.24) is 4.98 Å². The average Bonchev–Trinajstić information content (AvgIpc) is 2.30. The summed E-state index contributed by atoms with van der Waals surface area (Å²) in [7, 11) is 0. The van der Waals surface area contributed by atoms with Crippen molar-refractivity contribution in [2.75, 3.05) is 5.32 Å². The summed E-state index contributed by atoms with van der Waals surface area (Å²) >= 11 is 0. The molecule has 2 rings (SSSR count). The second-order valence-corrected chi connectivity index (χ2v) is 3.50. The molecule has 0 radical (unpaired) electrons. The summed E-state index contributed by atoms with van der Waals surface area (Å²) in [6.07, 6.45) is 3.50. The second kappa shape index (κ2) is 4.57. The van der Waals surface area contributed by atoms with Crippen LogP contribution < -0.4 is 5.32 Å². The molecule has 1 amide bonds. The molecule has 3 heteroatoms. The Labute approximate surface area is 94.1 Å². The van der Waals surface area contributed by atoms with Crippen LogP contribution in [0.3, 0.4) is 0 Å². The minimum absolute atomic E-state index is 0.0631. The molecule has 2 aromatic rings. The molecule has 0 saturated heterocycles. The van der Waals surface area contributed by atoms with Gasteiger partial charge in [-0.3, -0.25) is 9.78 Å². The van der Waals surface area contributed by atoms with Crippen LogP contribution in [0.2, 0.25) is 0 Å². The number of amides is 1. The van der Waals surface area contributed by atoms with Crippen LogP contribution >= 0.6 is 0 Å². The summed E-state index contributed by atoms with van der Waals surface area (Å²) in [5.74, 6) is -0.0631. The number of hydrogen-bond donors (Lipinski definition) is 1. The smallest absolute Gasteiger partial charge is 0.221 e. The van der Waals surface area contributed by atoms with Crippen LogP contribution in [0.1, 0.15) is 6.92 Å². The molecule has 1 N–H and O–H groups in total. The molecule has 1 aromatic heterocycles. The Morgan fingerprint density at radius 3 is 2.56 bits per heavy atom. The fourth-order valence-corrected chi connectivity index (χ4v) is 1.52. The first-order chi connectivity index (χ1) is 7.75. The summed E-state index contributed by atoms with van der Waals surface area (Å²) in [5, 5.41) is 2.76. The highest BCUT2D eigenvalue weighted by Gasteiger charge is 1.99. The number of carbonyl (C=O) groups is 1. The number of carbonyl (C=O) groups excluding carboxylic acids is 1. The third-order valence-electron chi connectivity index (χ3n) is 2.20. The van der Waals surface area contributed by atoms with E-state index in [1.54, 1.807) is 12.4 Å². The lowest BCUT2D eigenvalue weighted by Crippen LogP contribution is -2.05. The normalized spacial score (nSPS) is 9.81. The molecule has 3 nitrogen and oxygen atoms in total. The fourth-order valence-electron chi connectivity index (χ4n) is 1.52. The van der Waals surface area contributed by atoms with E-state index in [0.717, 1.165) is 16.8 Å². The van der Waals surface area contributed by atoms with Crippen molar-refractivity contribution >= 4 is 11.6 Å². The predicted octanol–water partition coefficient (Wildman–Crippen LogP) is 2.71. The first-order valence-corrected chi connectivity index (χ1v) is 5.04. The third kappa shape index (κ3) is 2.45. The number of hydrogen-bond acceptors (Lipinski definition) is 2. The minimum Gasteiger partial charge on any atom is -0.326 e. The van der Waals surface area contributed by atoms with Gasteiger partial charge in [0, 0.05) is 25.0 Å². The average molecular weight is 212 g/mol. The van der Waals surface area contributed by atoms with Crippen molar-refractivity contribution in [3.8, 4) is 11.1 Å². The number of rotatable bonds is 2. The van der Waals surface area contributed by atoms with Crippen LogP contribution in [0.25, 0.3) is 11.1 Å². The molecular formula is C13H12N2O. The van der Waals surface area contributed by atoms with Gasteiger partial charge in [0.2, 0.25) is 5.91 Å². The summed E-state index contributed by atoms with van der Waals surface area (Å²) in [6.45, 7) is 1.50. The molecule has 0 atom stereocenters. The maximum atomic E-state index is 10.9. The van der Waals surface area contributed by atoms with Gasteiger partial charge in [-0.15, -0.1) is 0 Å². The molecule has 0 fully saturated rings. The van der Waals surface area contributed by atoms with Crippen molar-refractivity contribution < 1.29 is 4.79 Å². The number of nitrogens with one attached hydrogen (secondary N) is 1. The summed E-state index contributed by atoms with van der Waals surface area (Å²) < 4.78 is 0. The molecule has 16 heavy (non-hydrogen) atoms. The van der Waals surface area contributed by atoms with Gasteiger partial charge in [-0.25, -0.2) is 0 Å². The number of pyridine rings is 1. The zero-order chi connectivity index (χ0) is 11.4. The minimum atomic E-state index is -0.0631. The van der Waals surface area contributed by atoms with Crippen molar-refractivity contribution in [2.45, 2.75) is 6.92 Å². The van der Waals surface area contributed by atoms with Crippen molar-refractivity contribution in [2.24, 2.45) is 0 Å². The van der Waals surface area contributed by atoms with E-state index in [0.29, 0.717) is 0 Å². The lowest BCUT2D eigenvalue weighted by molar-refractivity contribution is -0.114. The molecule has 0 saturated carbocycles. The third-order valence-corrected chi connectivity index (χ3v) is 2.20. The molecule has 0 aliphatic heterocycles. The van der Waals surface area contributed by atoms with Gasteiger partial charge in [0.1, 0.15) is 0 Å². The van der Waals surface area contributed by atoms with Gasteiger partial charge < -0.3 is 5.32 Å². The molecule has 80 valence electrons. The molecule has 0 spiro atoms. The van der Waals surface area contributed by atoms with E-state index >= 15 is 0 Å². The molecule has 1 aromatic carbocycles. The zero-order valence-corrected chi connectivity index (χ0v) is 8.97. The Hall–Kier alpha value is -2.16. The van der Waals surface area contributed by atoms with E-state index in [2.05, 4.69) is 10.3 Å². The van der Waals surface area contributed by atoms with Gasteiger partial charge in [-0.2, -0.15) is 0 Å². The molecule has 0 aliphatic carbocycles. The first-order valence-electron chi connectivity index (χ1n) is 5.04. The summed E-state index contributed by atoms with van der Waals surface area (Å²) in [4.78, 5) is 14.9. The first kappa shape index (κ1) is 10.4. The number of anilines is 1. The van der Waals surface area contributed by atoms with E-state index in [1.807, 2.05) is 36.4 Å². The Morgan fingerprint density at radius 2 is 1.88 bits per heavy atom. The van der Waals surface area contributed by atoms with Gasteiger partial charge in [-0.05, 0) is 35.4 Å². The number of nitrogens with zero attached hydrogens (tertiary/aromatic N) is 1. The van der Waals surface area contributed by atoms with Crippen LogP contribution in [0.5, 0.6) is 0 Å². The van der Waals surface area contributed by atoms with E-state index in [4.69, 9.17) is 0 Å². The zero-order valence-electron chi connectivity index (χ0n) is 8.97. The largest absolute Gasteiger partial charge is 0.326 e. The maximum absolute atomic E-state index is 10.9. The van der Waals surface area contributed by atoms with Crippen molar-refractivity contribution in [3.05, 3.63) is 48.8 Å². The van der Waals surface area contributed by atoms with Crippen LogP contribution in [-0.2, 0) is 4.79 Å². The molecule has 0 unspecified atom stereocenters. The Bertz CT molecular complexity index is 494. The van der Waals surface area contributed by atoms with E-state index in [9.17, 15) is 4.79 Å².